The van der Waals surface area contributed by atoms with Gasteiger partial charge in [-0.15, -0.1) is 0 Å². The fourth-order valence-electron chi connectivity index (χ4n) is 3.87. The Hall–Kier alpha value is -1.02. The summed E-state index contributed by atoms with van der Waals surface area (Å²) < 4.78 is 5.99. The van der Waals surface area contributed by atoms with Gasteiger partial charge in [0, 0.05) is 12.6 Å². The third-order valence-corrected chi connectivity index (χ3v) is 5.38. The number of hydrogen-bond donors (Lipinski definition) is 0. The zero-order valence-corrected chi connectivity index (χ0v) is 15.6. The Morgan fingerprint density at radius 3 is 2.52 bits per heavy atom. The molecule has 1 aliphatic heterocycles. The lowest BCUT2D eigenvalue weighted by molar-refractivity contribution is 0.120. The molecule has 0 aliphatic carbocycles. The summed E-state index contributed by atoms with van der Waals surface area (Å²) >= 11 is 0. The first-order valence-corrected chi connectivity index (χ1v) is 9.54. The maximum absolute atomic E-state index is 5.99. The number of hydrogen-bond acceptors (Lipinski definition) is 2. The molecular formula is C21H35NO. The Bertz CT molecular complexity index is 451. The summed E-state index contributed by atoms with van der Waals surface area (Å²) in [6, 6.07) is 9.52. The van der Waals surface area contributed by atoms with Crippen molar-refractivity contribution in [1.82, 2.24) is 4.90 Å². The average Bonchev–Trinajstić information content (AvgIpc) is 2.56. The van der Waals surface area contributed by atoms with E-state index in [0.29, 0.717) is 0 Å². The molecule has 0 saturated carbocycles. The van der Waals surface area contributed by atoms with Crippen molar-refractivity contribution in [1.29, 1.82) is 0 Å². The molecule has 23 heavy (non-hydrogen) atoms. The van der Waals surface area contributed by atoms with E-state index in [1.807, 2.05) is 0 Å². The topological polar surface area (TPSA) is 12.5 Å². The van der Waals surface area contributed by atoms with Crippen molar-refractivity contribution in [2.45, 2.75) is 77.7 Å². The maximum atomic E-state index is 5.99. The number of piperidine rings is 1. The normalized spacial score (nSPS) is 19.7. The second kappa shape index (κ2) is 8.73. The molecule has 1 fully saturated rings. The van der Waals surface area contributed by atoms with Crippen LogP contribution in [0.4, 0.5) is 0 Å². The summed E-state index contributed by atoms with van der Waals surface area (Å²) in [6.07, 6.45) is 7.81. The maximum Gasteiger partial charge on any atom is 0.119 e. The third-order valence-electron chi connectivity index (χ3n) is 5.38. The van der Waals surface area contributed by atoms with Crippen LogP contribution in [0.15, 0.2) is 24.3 Å². The van der Waals surface area contributed by atoms with Gasteiger partial charge >= 0.3 is 0 Å². The van der Waals surface area contributed by atoms with Crippen LogP contribution in [0.3, 0.4) is 0 Å². The lowest BCUT2D eigenvalue weighted by Crippen LogP contribution is -2.41. The number of nitrogens with zero attached hydrogens (tertiary/aromatic N) is 1. The van der Waals surface area contributed by atoms with E-state index in [1.54, 1.807) is 0 Å². The smallest absolute Gasteiger partial charge is 0.119 e. The highest BCUT2D eigenvalue weighted by molar-refractivity contribution is 5.31. The number of likely N-dealkylation sites (tertiary alicyclic amines) is 1. The van der Waals surface area contributed by atoms with Crippen molar-refractivity contribution in [2.24, 2.45) is 0 Å². The van der Waals surface area contributed by atoms with Crippen molar-refractivity contribution in [2.75, 3.05) is 19.7 Å². The van der Waals surface area contributed by atoms with Crippen LogP contribution in [-0.4, -0.2) is 30.6 Å². The van der Waals surface area contributed by atoms with E-state index >= 15 is 0 Å². The molecule has 2 nitrogen and oxygen atoms in total. The van der Waals surface area contributed by atoms with Crippen LogP contribution in [0.25, 0.3) is 0 Å². The van der Waals surface area contributed by atoms with E-state index in [9.17, 15) is 0 Å². The van der Waals surface area contributed by atoms with Gasteiger partial charge in [0.2, 0.25) is 0 Å². The number of ether oxygens (including phenoxy) is 1. The number of rotatable bonds is 8. The van der Waals surface area contributed by atoms with Crippen molar-refractivity contribution in [3.63, 3.8) is 0 Å². The van der Waals surface area contributed by atoms with Crippen molar-refractivity contribution < 1.29 is 4.74 Å². The van der Waals surface area contributed by atoms with Crippen LogP contribution < -0.4 is 4.74 Å². The molecule has 0 aromatic heterocycles. The van der Waals surface area contributed by atoms with Crippen LogP contribution >= 0.6 is 0 Å². The second-order valence-corrected chi connectivity index (χ2v) is 7.60. The third kappa shape index (κ3) is 5.24. The predicted molar refractivity (Wildman–Crippen MR) is 99.4 cm³/mol. The van der Waals surface area contributed by atoms with Crippen molar-refractivity contribution in [3.05, 3.63) is 29.8 Å². The van der Waals surface area contributed by atoms with Gasteiger partial charge in [-0.25, -0.2) is 0 Å². The first-order chi connectivity index (χ1) is 11.1. The fourth-order valence-corrected chi connectivity index (χ4v) is 3.87. The minimum atomic E-state index is 0.259. The summed E-state index contributed by atoms with van der Waals surface area (Å²) in [5, 5.41) is 0. The molecule has 2 heteroatoms. The summed E-state index contributed by atoms with van der Waals surface area (Å²) in [6.45, 7) is 12.3. The SMILES string of the molecule is CCCC(C)(C)c1ccc(OCCN2CCCCC2CC)cc1. The molecule has 1 aromatic carbocycles. The van der Waals surface area contributed by atoms with E-state index in [0.717, 1.165) is 24.9 Å². The van der Waals surface area contributed by atoms with Crippen molar-refractivity contribution in [3.8, 4) is 5.75 Å². The lowest BCUT2D eigenvalue weighted by atomic mass is 9.81. The average molecular weight is 318 g/mol. The van der Waals surface area contributed by atoms with E-state index in [1.165, 1.54) is 50.6 Å². The molecule has 0 spiro atoms. The van der Waals surface area contributed by atoms with Gasteiger partial charge < -0.3 is 4.74 Å². The van der Waals surface area contributed by atoms with Gasteiger partial charge in [0.25, 0.3) is 0 Å². The summed E-state index contributed by atoms with van der Waals surface area (Å²) in [7, 11) is 0. The zero-order chi connectivity index (χ0) is 16.7. The molecule has 0 amide bonds. The van der Waals surface area contributed by atoms with Gasteiger partial charge in [0.05, 0.1) is 0 Å². The number of benzene rings is 1. The van der Waals surface area contributed by atoms with Gasteiger partial charge in [0.15, 0.2) is 0 Å². The quantitative estimate of drug-likeness (QED) is 0.636. The van der Waals surface area contributed by atoms with Crippen LogP contribution in [0.2, 0.25) is 0 Å². The van der Waals surface area contributed by atoms with Gasteiger partial charge in [-0.3, -0.25) is 4.90 Å². The molecule has 1 unspecified atom stereocenters. The van der Waals surface area contributed by atoms with Crippen LogP contribution in [-0.2, 0) is 5.41 Å². The molecule has 1 atom stereocenters. The fraction of sp³-hybridized carbons (Fsp3) is 0.714. The first-order valence-electron chi connectivity index (χ1n) is 9.54. The van der Waals surface area contributed by atoms with Gasteiger partial charge in [-0.05, 0) is 55.3 Å². The summed E-state index contributed by atoms with van der Waals surface area (Å²) in [5.74, 6) is 1.01. The Morgan fingerprint density at radius 1 is 1.13 bits per heavy atom. The second-order valence-electron chi connectivity index (χ2n) is 7.60. The molecule has 0 N–H and O–H groups in total. The Balaban J connectivity index is 1.82. The monoisotopic (exact) mass is 317 g/mol. The standard InChI is InChI=1S/C21H35NO/c1-5-14-21(3,4)18-10-12-20(13-11-18)23-17-16-22-15-8-7-9-19(22)6-2/h10-13,19H,5-9,14-17H2,1-4H3. The predicted octanol–water partition coefficient (Wildman–Crippen LogP) is 5.41. The molecule has 1 heterocycles. The molecule has 1 aromatic rings. The largest absolute Gasteiger partial charge is 0.492 e. The highest BCUT2D eigenvalue weighted by atomic mass is 16.5. The Morgan fingerprint density at radius 2 is 1.87 bits per heavy atom. The van der Waals surface area contributed by atoms with Crippen molar-refractivity contribution >= 4 is 0 Å². The molecule has 1 aliphatic rings. The molecule has 130 valence electrons. The Labute approximate surface area is 143 Å². The summed E-state index contributed by atoms with van der Waals surface area (Å²) in [5.41, 5.74) is 1.67. The van der Waals surface area contributed by atoms with Crippen LogP contribution in [0, 0.1) is 0 Å². The summed E-state index contributed by atoms with van der Waals surface area (Å²) in [4.78, 5) is 2.61. The van der Waals surface area contributed by atoms with Crippen LogP contribution in [0.5, 0.6) is 5.75 Å². The minimum Gasteiger partial charge on any atom is -0.492 e. The minimum absolute atomic E-state index is 0.259. The highest BCUT2D eigenvalue weighted by Crippen LogP contribution is 2.29. The molecule has 1 saturated heterocycles. The van der Waals surface area contributed by atoms with Gasteiger partial charge in [0.1, 0.15) is 12.4 Å². The lowest BCUT2D eigenvalue weighted by Gasteiger charge is -2.35. The van der Waals surface area contributed by atoms with E-state index in [2.05, 4.69) is 56.9 Å². The van der Waals surface area contributed by atoms with Gasteiger partial charge in [-0.2, -0.15) is 0 Å². The van der Waals surface area contributed by atoms with E-state index in [4.69, 9.17) is 4.74 Å². The first kappa shape index (κ1) is 18.3. The molecule has 2 rings (SSSR count). The molecule has 0 radical (unpaired) electrons. The zero-order valence-electron chi connectivity index (χ0n) is 15.6. The molecular weight excluding hydrogens is 282 g/mol. The molecule has 0 bridgehead atoms. The van der Waals surface area contributed by atoms with E-state index in [-0.39, 0.29) is 5.41 Å². The van der Waals surface area contributed by atoms with E-state index < -0.39 is 0 Å². The Kier molecular flexibility index (Phi) is 6.95. The highest BCUT2D eigenvalue weighted by Gasteiger charge is 2.21. The van der Waals surface area contributed by atoms with Crippen LogP contribution in [0.1, 0.15) is 71.8 Å². The van der Waals surface area contributed by atoms with Gasteiger partial charge in [-0.1, -0.05) is 52.7 Å².